The number of nitrogens with one attached hydrogen (secondary N) is 2. The van der Waals surface area contributed by atoms with Crippen molar-refractivity contribution in [3.05, 3.63) is 30.1 Å². The zero-order valence-electron chi connectivity index (χ0n) is 17.3. The SMILES string of the molecule is O=C(C[C@@H](CC1CCCC1)C(=O)N1CC2(CC2)C[C@H]1c1nc2ccccc2[nH]1)NO. The number of likely N-dealkylation sites (tertiary alicyclic amines) is 1. The molecule has 1 aliphatic heterocycles. The van der Waals surface area contributed by atoms with Crippen LogP contribution in [0.5, 0.6) is 0 Å². The van der Waals surface area contributed by atoms with Gasteiger partial charge in [0.2, 0.25) is 11.8 Å². The summed E-state index contributed by atoms with van der Waals surface area (Å²) in [6, 6.07) is 7.87. The molecule has 1 spiro atoms. The third-order valence-electron chi connectivity index (χ3n) is 7.47. The third-order valence-corrected chi connectivity index (χ3v) is 7.47. The molecule has 7 nitrogen and oxygen atoms in total. The second kappa shape index (κ2) is 7.69. The summed E-state index contributed by atoms with van der Waals surface area (Å²) in [5.41, 5.74) is 3.85. The summed E-state index contributed by atoms with van der Waals surface area (Å²) >= 11 is 0. The smallest absolute Gasteiger partial charge is 0.244 e. The van der Waals surface area contributed by atoms with Gasteiger partial charge in [-0.2, -0.15) is 0 Å². The molecule has 0 unspecified atom stereocenters. The average Bonchev–Trinajstić information content (AvgIpc) is 3.12. The number of aromatic amines is 1. The summed E-state index contributed by atoms with van der Waals surface area (Å²) in [5, 5.41) is 9.06. The second-order valence-corrected chi connectivity index (χ2v) is 9.65. The molecule has 5 rings (SSSR count). The van der Waals surface area contributed by atoms with Crippen LogP contribution in [0.25, 0.3) is 11.0 Å². The summed E-state index contributed by atoms with van der Waals surface area (Å²) < 4.78 is 0. The number of hydrogen-bond donors (Lipinski definition) is 3. The maximum absolute atomic E-state index is 13.7. The van der Waals surface area contributed by atoms with Crippen LogP contribution in [0.3, 0.4) is 0 Å². The van der Waals surface area contributed by atoms with Gasteiger partial charge in [0.05, 0.1) is 17.1 Å². The van der Waals surface area contributed by atoms with Crippen LogP contribution < -0.4 is 5.48 Å². The Morgan fingerprint density at radius 2 is 2.03 bits per heavy atom. The van der Waals surface area contributed by atoms with Crippen molar-refractivity contribution in [2.75, 3.05) is 6.54 Å². The molecule has 3 fully saturated rings. The molecule has 2 aliphatic carbocycles. The van der Waals surface area contributed by atoms with Gasteiger partial charge in [0.25, 0.3) is 0 Å². The number of hydrogen-bond acceptors (Lipinski definition) is 4. The van der Waals surface area contributed by atoms with Gasteiger partial charge in [-0.05, 0) is 49.1 Å². The predicted molar refractivity (Wildman–Crippen MR) is 111 cm³/mol. The lowest BCUT2D eigenvalue weighted by Crippen LogP contribution is -2.39. The fraction of sp³-hybridized carbons (Fsp3) is 0.609. The topological polar surface area (TPSA) is 98.3 Å². The van der Waals surface area contributed by atoms with Crippen molar-refractivity contribution in [3.63, 3.8) is 0 Å². The molecular formula is C23H30N4O3. The summed E-state index contributed by atoms with van der Waals surface area (Å²) in [4.78, 5) is 35.9. The van der Waals surface area contributed by atoms with E-state index in [1.807, 2.05) is 29.2 Å². The Morgan fingerprint density at radius 1 is 1.27 bits per heavy atom. The molecule has 30 heavy (non-hydrogen) atoms. The van der Waals surface area contributed by atoms with Gasteiger partial charge < -0.3 is 9.88 Å². The van der Waals surface area contributed by atoms with Crippen LogP contribution in [0, 0.1) is 17.3 Å². The second-order valence-electron chi connectivity index (χ2n) is 9.65. The number of aromatic nitrogens is 2. The monoisotopic (exact) mass is 410 g/mol. The Labute approximate surface area is 176 Å². The molecule has 3 aliphatic rings. The van der Waals surface area contributed by atoms with E-state index in [-0.39, 0.29) is 29.7 Å². The predicted octanol–water partition coefficient (Wildman–Crippen LogP) is 3.71. The molecular weight excluding hydrogens is 380 g/mol. The molecule has 1 aromatic heterocycles. The van der Waals surface area contributed by atoms with E-state index in [1.54, 1.807) is 5.48 Å². The number of imidazole rings is 1. The molecule has 2 atom stereocenters. The van der Waals surface area contributed by atoms with E-state index >= 15 is 0 Å². The first-order chi connectivity index (χ1) is 14.6. The van der Waals surface area contributed by atoms with Crippen molar-refractivity contribution >= 4 is 22.8 Å². The van der Waals surface area contributed by atoms with Crippen LogP contribution in [-0.4, -0.2) is 38.4 Å². The van der Waals surface area contributed by atoms with E-state index in [1.165, 1.54) is 12.8 Å². The average molecular weight is 411 g/mol. The lowest BCUT2D eigenvalue weighted by atomic mass is 9.89. The lowest BCUT2D eigenvalue weighted by Gasteiger charge is -2.29. The summed E-state index contributed by atoms with van der Waals surface area (Å²) in [5.74, 6) is 0.514. The van der Waals surface area contributed by atoms with E-state index < -0.39 is 5.91 Å². The highest BCUT2D eigenvalue weighted by Crippen LogP contribution is 2.58. The third kappa shape index (κ3) is 3.71. The zero-order valence-corrected chi connectivity index (χ0v) is 17.3. The van der Waals surface area contributed by atoms with Crippen molar-refractivity contribution < 1.29 is 14.8 Å². The highest BCUT2D eigenvalue weighted by molar-refractivity contribution is 5.86. The Kier molecular flexibility index (Phi) is 5.01. The van der Waals surface area contributed by atoms with Crippen molar-refractivity contribution in [3.8, 4) is 0 Å². The van der Waals surface area contributed by atoms with E-state index in [2.05, 4.69) is 4.98 Å². The minimum atomic E-state index is -0.480. The molecule has 2 heterocycles. The number of H-pyrrole nitrogens is 1. The molecule has 1 aromatic carbocycles. The molecule has 2 aromatic rings. The Balaban J connectivity index is 1.41. The van der Waals surface area contributed by atoms with Crippen LogP contribution in [-0.2, 0) is 9.59 Å². The molecule has 3 N–H and O–H groups in total. The van der Waals surface area contributed by atoms with Gasteiger partial charge >= 0.3 is 0 Å². The van der Waals surface area contributed by atoms with Crippen LogP contribution in [0.2, 0.25) is 0 Å². The van der Waals surface area contributed by atoms with Crippen molar-refractivity contribution in [2.45, 2.75) is 63.8 Å². The van der Waals surface area contributed by atoms with Gasteiger partial charge in [-0.3, -0.25) is 14.8 Å². The van der Waals surface area contributed by atoms with Gasteiger partial charge in [-0.1, -0.05) is 37.8 Å². The highest BCUT2D eigenvalue weighted by Gasteiger charge is 2.55. The summed E-state index contributed by atoms with van der Waals surface area (Å²) in [6.07, 6.45) is 8.66. The van der Waals surface area contributed by atoms with Gasteiger partial charge in [0, 0.05) is 18.9 Å². The Bertz CT molecular complexity index is 912. The van der Waals surface area contributed by atoms with Crippen LogP contribution in [0.1, 0.15) is 69.7 Å². The standard InChI is InChI=1S/C23H30N4O3/c28-20(26-30)12-16(11-15-5-1-2-6-15)22(29)27-14-23(9-10-23)13-19(27)21-24-17-7-3-4-8-18(17)25-21/h3-4,7-8,15-16,19,30H,1-2,5-6,9-14H2,(H,24,25)(H,26,28)/t16-,19+/m1/s1. The van der Waals surface area contributed by atoms with Crippen LogP contribution in [0.15, 0.2) is 24.3 Å². The first kappa shape index (κ1) is 19.5. The first-order valence-electron chi connectivity index (χ1n) is 11.2. The molecule has 2 amide bonds. The maximum Gasteiger partial charge on any atom is 0.244 e. The summed E-state index contributed by atoms with van der Waals surface area (Å²) in [7, 11) is 0. The largest absolute Gasteiger partial charge is 0.340 e. The maximum atomic E-state index is 13.7. The molecule has 7 heteroatoms. The number of carbonyl (C=O) groups excluding carboxylic acids is 2. The fourth-order valence-corrected chi connectivity index (χ4v) is 5.63. The van der Waals surface area contributed by atoms with Gasteiger partial charge in [0.15, 0.2) is 0 Å². The van der Waals surface area contributed by atoms with Crippen molar-refractivity contribution in [1.29, 1.82) is 0 Å². The quantitative estimate of drug-likeness (QED) is 0.499. The number of carbonyl (C=O) groups is 2. The number of rotatable bonds is 6. The fourth-order valence-electron chi connectivity index (χ4n) is 5.63. The molecule has 2 saturated carbocycles. The number of nitrogens with zero attached hydrogens (tertiary/aromatic N) is 2. The Hall–Kier alpha value is -2.41. The highest BCUT2D eigenvalue weighted by atomic mass is 16.5. The van der Waals surface area contributed by atoms with E-state index in [9.17, 15) is 9.59 Å². The molecule has 160 valence electrons. The van der Waals surface area contributed by atoms with Gasteiger partial charge in [-0.15, -0.1) is 0 Å². The first-order valence-corrected chi connectivity index (χ1v) is 11.2. The number of amides is 2. The Morgan fingerprint density at radius 3 is 2.73 bits per heavy atom. The van der Waals surface area contributed by atoms with Crippen LogP contribution in [0.4, 0.5) is 0 Å². The summed E-state index contributed by atoms with van der Waals surface area (Å²) in [6.45, 7) is 0.745. The van der Waals surface area contributed by atoms with Gasteiger partial charge in [0.1, 0.15) is 5.82 Å². The number of benzene rings is 1. The minimum Gasteiger partial charge on any atom is -0.340 e. The number of fused-ring (bicyclic) bond motifs is 1. The van der Waals surface area contributed by atoms with E-state index in [0.717, 1.165) is 61.9 Å². The van der Waals surface area contributed by atoms with E-state index in [0.29, 0.717) is 5.92 Å². The van der Waals surface area contributed by atoms with Crippen LogP contribution >= 0.6 is 0 Å². The molecule has 0 bridgehead atoms. The van der Waals surface area contributed by atoms with Gasteiger partial charge in [-0.25, -0.2) is 10.5 Å². The minimum absolute atomic E-state index is 0.0414. The van der Waals surface area contributed by atoms with Crippen molar-refractivity contribution in [2.24, 2.45) is 17.3 Å². The lowest BCUT2D eigenvalue weighted by molar-refractivity contribution is -0.142. The number of hydroxylamine groups is 1. The molecule has 1 saturated heterocycles. The molecule has 0 radical (unpaired) electrons. The van der Waals surface area contributed by atoms with E-state index in [4.69, 9.17) is 10.2 Å². The zero-order chi connectivity index (χ0) is 20.7. The normalized spacial score (nSPS) is 23.9. The number of para-hydroxylation sites is 2. The van der Waals surface area contributed by atoms with Crippen molar-refractivity contribution in [1.82, 2.24) is 20.3 Å².